The Kier molecular flexibility index (Phi) is 2.62. The van der Waals surface area contributed by atoms with Gasteiger partial charge in [-0.1, -0.05) is 37.6 Å². The minimum absolute atomic E-state index is 0.309. The molecule has 17 heavy (non-hydrogen) atoms. The molecule has 1 aromatic rings. The molecule has 0 radical (unpaired) electrons. The Morgan fingerprint density at radius 1 is 1.29 bits per heavy atom. The van der Waals surface area contributed by atoms with Crippen LogP contribution in [-0.2, 0) is 4.79 Å². The number of benzene rings is 1. The van der Waals surface area contributed by atoms with Gasteiger partial charge in [-0.2, -0.15) is 0 Å². The van der Waals surface area contributed by atoms with Crippen LogP contribution in [0.15, 0.2) is 30.3 Å². The van der Waals surface area contributed by atoms with Crippen LogP contribution in [0.5, 0.6) is 0 Å². The van der Waals surface area contributed by atoms with Gasteiger partial charge in [-0.05, 0) is 47.5 Å². The van der Waals surface area contributed by atoms with Crippen LogP contribution in [0.4, 0.5) is 0 Å². The molecule has 88 valence electrons. The van der Waals surface area contributed by atoms with Crippen LogP contribution < -0.4 is 0 Å². The normalized spacial score (nSPS) is 26.4. The summed E-state index contributed by atoms with van der Waals surface area (Å²) in [5.74, 6) is 1.56. The van der Waals surface area contributed by atoms with Crippen LogP contribution in [0.25, 0.3) is 5.57 Å². The third-order valence-corrected chi connectivity index (χ3v) is 4.17. The fourth-order valence-corrected chi connectivity index (χ4v) is 3.47. The summed E-state index contributed by atoms with van der Waals surface area (Å²) in [7, 11) is 0. The van der Waals surface area contributed by atoms with Crippen molar-refractivity contribution in [3.63, 3.8) is 0 Å². The first-order valence-corrected chi connectivity index (χ1v) is 6.65. The van der Waals surface area contributed by atoms with Gasteiger partial charge in [-0.25, -0.2) is 0 Å². The molecular formula is C16H18O. The fraction of sp³-hybridized carbons (Fsp3) is 0.438. The van der Waals surface area contributed by atoms with E-state index in [0.717, 1.165) is 12.8 Å². The van der Waals surface area contributed by atoms with Crippen molar-refractivity contribution >= 4 is 11.4 Å². The summed E-state index contributed by atoms with van der Waals surface area (Å²) >= 11 is 0. The number of carbonyl (C=O) groups is 1. The molecule has 2 aliphatic rings. The smallest absolute Gasteiger partial charge is 0.156 e. The standard InChI is InChI=1S/C16H18O/c1-2-5-12-13-6-3-4-7-14(13)16-10-11(17)8-9-15(12)16/h3-4,6-7,10,12,15H,2,5,8-9H2,1H3. The number of allylic oxidation sites excluding steroid dienone is 2. The minimum atomic E-state index is 0.309. The number of carbonyl (C=O) groups excluding carboxylic acids is 1. The first-order valence-electron chi connectivity index (χ1n) is 6.65. The average molecular weight is 226 g/mol. The van der Waals surface area contributed by atoms with Gasteiger partial charge in [0.15, 0.2) is 5.78 Å². The number of ketones is 1. The zero-order valence-electron chi connectivity index (χ0n) is 10.3. The van der Waals surface area contributed by atoms with Gasteiger partial charge in [0.1, 0.15) is 0 Å². The Bertz CT molecular complexity index is 484. The van der Waals surface area contributed by atoms with Gasteiger partial charge < -0.3 is 0 Å². The molecule has 2 atom stereocenters. The van der Waals surface area contributed by atoms with Crippen LogP contribution in [0.1, 0.15) is 49.7 Å². The van der Waals surface area contributed by atoms with E-state index in [0.29, 0.717) is 17.6 Å². The Morgan fingerprint density at radius 2 is 2.12 bits per heavy atom. The fourth-order valence-electron chi connectivity index (χ4n) is 3.47. The first-order chi connectivity index (χ1) is 8.31. The first kappa shape index (κ1) is 10.8. The highest BCUT2D eigenvalue weighted by molar-refractivity contribution is 6.00. The van der Waals surface area contributed by atoms with Gasteiger partial charge in [0.05, 0.1) is 0 Å². The third-order valence-electron chi connectivity index (χ3n) is 4.17. The number of hydrogen-bond acceptors (Lipinski definition) is 1. The summed E-state index contributed by atoms with van der Waals surface area (Å²) < 4.78 is 0. The molecule has 0 aliphatic heterocycles. The summed E-state index contributed by atoms with van der Waals surface area (Å²) in [5, 5.41) is 0. The van der Waals surface area contributed by atoms with E-state index in [9.17, 15) is 4.79 Å². The topological polar surface area (TPSA) is 17.1 Å². The van der Waals surface area contributed by atoms with Gasteiger partial charge in [-0.15, -0.1) is 0 Å². The highest BCUT2D eigenvalue weighted by Crippen LogP contribution is 2.51. The van der Waals surface area contributed by atoms with E-state index in [1.54, 1.807) is 0 Å². The van der Waals surface area contributed by atoms with Crippen LogP contribution in [-0.4, -0.2) is 5.78 Å². The van der Waals surface area contributed by atoms with Crippen molar-refractivity contribution in [3.8, 4) is 0 Å². The highest BCUT2D eigenvalue weighted by Gasteiger charge is 2.37. The zero-order valence-corrected chi connectivity index (χ0v) is 10.3. The quantitative estimate of drug-likeness (QED) is 0.746. The molecule has 0 bridgehead atoms. The largest absolute Gasteiger partial charge is 0.295 e. The molecule has 2 aliphatic carbocycles. The molecule has 0 amide bonds. The van der Waals surface area contributed by atoms with E-state index in [1.165, 1.54) is 29.5 Å². The molecule has 3 rings (SSSR count). The van der Waals surface area contributed by atoms with Gasteiger partial charge >= 0.3 is 0 Å². The molecular weight excluding hydrogens is 208 g/mol. The third kappa shape index (κ3) is 1.65. The summed E-state index contributed by atoms with van der Waals surface area (Å²) in [6, 6.07) is 8.65. The van der Waals surface area contributed by atoms with Crippen LogP contribution in [0.2, 0.25) is 0 Å². The van der Waals surface area contributed by atoms with Crippen molar-refractivity contribution in [2.45, 2.75) is 38.5 Å². The van der Waals surface area contributed by atoms with Crippen LogP contribution in [0.3, 0.4) is 0 Å². The molecule has 0 aromatic heterocycles. The minimum Gasteiger partial charge on any atom is -0.295 e. The molecule has 1 nitrogen and oxygen atoms in total. The predicted octanol–water partition coefficient (Wildman–Crippen LogP) is 3.95. The van der Waals surface area contributed by atoms with E-state index in [2.05, 4.69) is 31.2 Å². The molecule has 0 N–H and O–H groups in total. The Hall–Kier alpha value is -1.37. The lowest BCUT2D eigenvalue weighted by atomic mass is 9.80. The highest BCUT2D eigenvalue weighted by atomic mass is 16.1. The van der Waals surface area contributed by atoms with Gasteiger partial charge in [0.25, 0.3) is 0 Å². The lowest BCUT2D eigenvalue weighted by Crippen LogP contribution is -2.14. The summed E-state index contributed by atoms with van der Waals surface area (Å²) in [4.78, 5) is 11.6. The molecule has 0 saturated carbocycles. The van der Waals surface area contributed by atoms with E-state index in [-0.39, 0.29) is 0 Å². The van der Waals surface area contributed by atoms with Crippen molar-refractivity contribution in [2.75, 3.05) is 0 Å². The monoisotopic (exact) mass is 226 g/mol. The van der Waals surface area contributed by atoms with E-state index < -0.39 is 0 Å². The molecule has 0 saturated heterocycles. The SMILES string of the molecule is CCCC1c2ccccc2C2=CC(=O)CCC21. The molecule has 2 unspecified atom stereocenters. The maximum absolute atomic E-state index is 11.6. The van der Waals surface area contributed by atoms with Crippen molar-refractivity contribution in [1.29, 1.82) is 0 Å². The van der Waals surface area contributed by atoms with Crippen LogP contribution >= 0.6 is 0 Å². The second kappa shape index (κ2) is 4.14. The molecule has 1 heteroatoms. The summed E-state index contributed by atoms with van der Waals surface area (Å²) in [6.45, 7) is 2.25. The van der Waals surface area contributed by atoms with E-state index in [4.69, 9.17) is 0 Å². The number of fused-ring (bicyclic) bond motifs is 3. The molecule has 0 fully saturated rings. The Morgan fingerprint density at radius 3 is 2.94 bits per heavy atom. The molecule has 0 spiro atoms. The lowest BCUT2D eigenvalue weighted by Gasteiger charge is -2.23. The van der Waals surface area contributed by atoms with Gasteiger partial charge in [0, 0.05) is 6.42 Å². The number of hydrogen-bond donors (Lipinski definition) is 0. The Balaban J connectivity index is 2.10. The summed E-state index contributed by atoms with van der Waals surface area (Å²) in [5.41, 5.74) is 4.12. The number of rotatable bonds is 2. The van der Waals surface area contributed by atoms with Gasteiger partial charge in [-0.3, -0.25) is 4.79 Å². The van der Waals surface area contributed by atoms with Crippen molar-refractivity contribution in [1.82, 2.24) is 0 Å². The average Bonchev–Trinajstić information content (AvgIpc) is 2.65. The van der Waals surface area contributed by atoms with E-state index >= 15 is 0 Å². The maximum atomic E-state index is 11.6. The lowest BCUT2D eigenvalue weighted by molar-refractivity contribution is -0.115. The van der Waals surface area contributed by atoms with Crippen molar-refractivity contribution in [2.24, 2.45) is 5.92 Å². The maximum Gasteiger partial charge on any atom is 0.156 e. The molecule has 1 aromatic carbocycles. The van der Waals surface area contributed by atoms with Crippen molar-refractivity contribution < 1.29 is 4.79 Å². The van der Waals surface area contributed by atoms with Crippen molar-refractivity contribution in [3.05, 3.63) is 41.5 Å². The van der Waals surface area contributed by atoms with E-state index in [1.807, 2.05) is 6.08 Å². The summed E-state index contributed by atoms with van der Waals surface area (Å²) in [6.07, 6.45) is 6.15. The Labute approximate surface area is 103 Å². The molecule has 0 heterocycles. The van der Waals surface area contributed by atoms with Crippen LogP contribution in [0, 0.1) is 5.92 Å². The zero-order chi connectivity index (χ0) is 11.8. The van der Waals surface area contributed by atoms with Gasteiger partial charge in [0.2, 0.25) is 0 Å². The second-order valence-electron chi connectivity index (χ2n) is 5.19. The second-order valence-corrected chi connectivity index (χ2v) is 5.19. The predicted molar refractivity (Wildman–Crippen MR) is 69.8 cm³/mol.